The highest BCUT2D eigenvalue weighted by atomic mass is 19.1. The first-order chi connectivity index (χ1) is 13.4. The fraction of sp³-hybridized carbons (Fsp3) is 0.545. The number of hydrogen-bond donors (Lipinski definition) is 0. The molecule has 0 spiro atoms. The molecule has 28 heavy (non-hydrogen) atoms. The maximum atomic E-state index is 13.8. The Morgan fingerprint density at radius 2 is 2.18 bits per heavy atom. The zero-order valence-electron chi connectivity index (χ0n) is 16.8. The predicted octanol–water partition coefficient (Wildman–Crippen LogP) is 4.29. The minimum atomic E-state index is -0.210. The van der Waals surface area contributed by atoms with Crippen molar-refractivity contribution in [3.8, 4) is 0 Å². The van der Waals surface area contributed by atoms with Gasteiger partial charge in [-0.2, -0.15) is 0 Å². The summed E-state index contributed by atoms with van der Waals surface area (Å²) in [6.45, 7) is 7.86. The molecule has 2 aliphatic heterocycles. The zero-order valence-corrected chi connectivity index (χ0v) is 16.8. The van der Waals surface area contributed by atoms with Gasteiger partial charge in [0.05, 0.1) is 0 Å². The molecule has 5 nitrogen and oxygen atoms in total. The molecule has 2 aromatic rings. The summed E-state index contributed by atoms with van der Waals surface area (Å²) in [5, 5.41) is 3.98. The summed E-state index contributed by atoms with van der Waals surface area (Å²) >= 11 is 0. The fourth-order valence-electron chi connectivity index (χ4n) is 5.04. The van der Waals surface area contributed by atoms with Crippen LogP contribution in [0, 0.1) is 11.7 Å². The first-order valence-electron chi connectivity index (χ1n) is 10.2. The number of aryl methyl sites for hydroxylation is 1. The molecule has 2 atom stereocenters. The first kappa shape index (κ1) is 19.0. The highest BCUT2D eigenvalue weighted by molar-refractivity contribution is 5.92. The molecule has 6 heteroatoms. The van der Waals surface area contributed by atoms with Gasteiger partial charge in [0.25, 0.3) is 5.91 Å². The van der Waals surface area contributed by atoms with Gasteiger partial charge in [-0.15, -0.1) is 0 Å². The van der Waals surface area contributed by atoms with E-state index in [1.54, 1.807) is 18.2 Å². The molecule has 150 valence electrons. The molecule has 0 radical (unpaired) electrons. The highest BCUT2D eigenvalue weighted by Crippen LogP contribution is 2.44. The van der Waals surface area contributed by atoms with E-state index in [0.29, 0.717) is 30.7 Å². The van der Waals surface area contributed by atoms with Crippen molar-refractivity contribution in [2.75, 3.05) is 18.0 Å². The van der Waals surface area contributed by atoms with E-state index >= 15 is 0 Å². The molecule has 4 rings (SSSR count). The minimum absolute atomic E-state index is 0.0495. The number of likely N-dealkylation sites (tertiary alicyclic amines) is 1. The molecule has 1 aromatic carbocycles. The SMILES string of the molecule is CCCc1cc(C(=O)N2CC[C@H]3[C@@H](C2)CC(C)(C)N3c2cccc(F)c2)no1. The summed E-state index contributed by atoms with van der Waals surface area (Å²) in [4.78, 5) is 17.2. The normalized spacial score (nSPS) is 23.7. The summed E-state index contributed by atoms with van der Waals surface area (Å²) in [7, 11) is 0. The van der Waals surface area contributed by atoms with Crippen LogP contribution in [0.15, 0.2) is 34.9 Å². The van der Waals surface area contributed by atoms with E-state index in [-0.39, 0.29) is 17.3 Å². The third kappa shape index (κ3) is 3.40. The van der Waals surface area contributed by atoms with Crippen LogP contribution < -0.4 is 4.90 Å². The summed E-state index contributed by atoms with van der Waals surface area (Å²) in [5.41, 5.74) is 1.25. The molecular formula is C22H28FN3O2. The molecule has 0 unspecified atom stereocenters. The van der Waals surface area contributed by atoms with Crippen LogP contribution in [0.1, 0.15) is 56.3 Å². The van der Waals surface area contributed by atoms with Gasteiger partial charge in [-0.05, 0) is 57.2 Å². The Hall–Kier alpha value is -2.37. The topological polar surface area (TPSA) is 49.6 Å². The number of hydrogen-bond acceptors (Lipinski definition) is 4. The van der Waals surface area contributed by atoms with Crippen molar-refractivity contribution in [2.45, 2.75) is 58.0 Å². The molecule has 0 saturated carbocycles. The van der Waals surface area contributed by atoms with Gasteiger partial charge < -0.3 is 14.3 Å². The quantitative estimate of drug-likeness (QED) is 0.788. The van der Waals surface area contributed by atoms with E-state index in [2.05, 4.69) is 30.8 Å². The number of aromatic nitrogens is 1. The lowest BCUT2D eigenvalue weighted by molar-refractivity contribution is 0.0657. The van der Waals surface area contributed by atoms with E-state index < -0.39 is 0 Å². The second kappa shape index (κ2) is 7.22. The van der Waals surface area contributed by atoms with Gasteiger partial charge in [-0.25, -0.2) is 4.39 Å². The number of piperidine rings is 1. The number of rotatable bonds is 4. The summed E-state index contributed by atoms with van der Waals surface area (Å²) in [5.74, 6) is 0.864. The van der Waals surface area contributed by atoms with Crippen LogP contribution in [0.4, 0.5) is 10.1 Å². The van der Waals surface area contributed by atoms with Crippen LogP contribution in [-0.2, 0) is 6.42 Å². The van der Waals surface area contributed by atoms with Gasteiger partial charge in [-0.3, -0.25) is 4.79 Å². The van der Waals surface area contributed by atoms with Crippen molar-refractivity contribution in [2.24, 2.45) is 5.92 Å². The van der Waals surface area contributed by atoms with Gasteiger partial charge in [-0.1, -0.05) is 18.1 Å². The Morgan fingerprint density at radius 1 is 1.36 bits per heavy atom. The maximum Gasteiger partial charge on any atom is 0.276 e. The third-order valence-corrected chi connectivity index (χ3v) is 6.09. The number of carbonyl (C=O) groups excluding carboxylic acids is 1. The second-order valence-electron chi connectivity index (χ2n) is 8.66. The Bertz CT molecular complexity index is 863. The summed E-state index contributed by atoms with van der Waals surface area (Å²) in [6.07, 6.45) is 3.59. The first-order valence-corrected chi connectivity index (χ1v) is 10.2. The van der Waals surface area contributed by atoms with E-state index in [1.807, 2.05) is 11.0 Å². The van der Waals surface area contributed by atoms with E-state index in [9.17, 15) is 9.18 Å². The lowest BCUT2D eigenvalue weighted by atomic mass is 9.89. The van der Waals surface area contributed by atoms with Gasteiger partial charge in [0.1, 0.15) is 11.6 Å². The van der Waals surface area contributed by atoms with Gasteiger partial charge in [0.2, 0.25) is 0 Å². The molecule has 0 aliphatic carbocycles. The average Bonchev–Trinajstić information content (AvgIpc) is 3.21. The monoisotopic (exact) mass is 385 g/mol. The van der Waals surface area contributed by atoms with Crippen molar-refractivity contribution < 1.29 is 13.7 Å². The lowest BCUT2D eigenvalue weighted by Crippen LogP contribution is -2.50. The van der Waals surface area contributed by atoms with Gasteiger partial charge in [0.15, 0.2) is 5.69 Å². The number of amides is 1. The van der Waals surface area contributed by atoms with E-state index in [0.717, 1.165) is 37.1 Å². The third-order valence-electron chi connectivity index (χ3n) is 6.09. The Balaban J connectivity index is 1.51. The number of anilines is 1. The Kier molecular flexibility index (Phi) is 4.89. The smallest absolute Gasteiger partial charge is 0.276 e. The second-order valence-corrected chi connectivity index (χ2v) is 8.66. The minimum Gasteiger partial charge on any atom is -0.363 e. The molecule has 2 aliphatic rings. The molecule has 1 amide bonds. The van der Waals surface area contributed by atoms with Gasteiger partial charge >= 0.3 is 0 Å². The predicted molar refractivity (Wildman–Crippen MR) is 106 cm³/mol. The Labute approximate surface area is 165 Å². The number of benzene rings is 1. The molecule has 0 bridgehead atoms. The number of carbonyl (C=O) groups is 1. The lowest BCUT2D eigenvalue weighted by Gasteiger charge is -2.41. The fourth-order valence-corrected chi connectivity index (χ4v) is 5.04. The molecular weight excluding hydrogens is 357 g/mol. The van der Waals surface area contributed by atoms with E-state index in [4.69, 9.17) is 4.52 Å². The largest absolute Gasteiger partial charge is 0.363 e. The standard InChI is InChI=1S/C22H28FN3O2/c1-4-6-18-12-19(24-28-18)21(27)25-10-9-20-15(14-25)13-22(2,3)26(20)17-8-5-7-16(23)11-17/h5,7-8,11-12,15,20H,4,6,9-10,13-14H2,1-3H3/t15-,20+/m1/s1. The van der Waals surface area contributed by atoms with Crippen molar-refractivity contribution in [1.29, 1.82) is 0 Å². The van der Waals surface area contributed by atoms with Crippen LogP contribution in [0.3, 0.4) is 0 Å². The molecule has 0 N–H and O–H groups in total. The zero-order chi connectivity index (χ0) is 19.9. The van der Waals surface area contributed by atoms with Crippen molar-refractivity contribution in [3.05, 3.63) is 47.6 Å². The molecule has 3 heterocycles. The van der Waals surface area contributed by atoms with Crippen molar-refractivity contribution >= 4 is 11.6 Å². The molecule has 2 fully saturated rings. The summed E-state index contributed by atoms with van der Waals surface area (Å²) < 4.78 is 19.1. The molecule has 1 aromatic heterocycles. The number of fused-ring (bicyclic) bond motifs is 1. The summed E-state index contributed by atoms with van der Waals surface area (Å²) in [6, 6.07) is 8.94. The van der Waals surface area contributed by atoms with Crippen LogP contribution in [0.25, 0.3) is 0 Å². The number of halogens is 1. The van der Waals surface area contributed by atoms with Crippen LogP contribution in [0.2, 0.25) is 0 Å². The Morgan fingerprint density at radius 3 is 2.93 bits per heavy atom. The van der Waals surface area contributed by atoms with Gasteiger partial charge in [0, 0.05) is 42.8 Å². The average molecular weight is 385 g/mol. The van der Waals surface area contributed by atoms with Crippen LogP contribution >= 0.6 is 0 Å². The van der Waals surface area contributed by atoms with Crippen molar-refractivity contribution in [3.63, 3.8) is 0 Å². The molecule has 2 saturated heterocycles. The van der Waals surface area contributed by atoms with Crippen LogP contribution in [-0.4, -0.2) is 40.6 Å². The van der Waals surface area contributed by atoms with E-state index in [1.165, 1.54) is 6.07 Å². The highest BCUT2D eigenvalue weighted by Gasteiger charge is 2.48. The van der Waals surface area contributed by atoms with Crippen LogP contribution in [0.5, 0.6) is 0 Å². The maximum absolute atomic E-state index is 13.8. The number of nitrogens with zero attached hydrogens (tertiary/aromatic N) is 3. The van der Waals surface area contributed by atoms with Crippen molar-refractivity contribution in [1.82, 2.24) is 10.1 Å².